The molecule has 3 heterocycles. The molecular formula is C21H31N5O2. The van der Waals surface area contributed by atoms with Crippen LogP contribution in [0.2, 0.25) is 0 Å². The van der Waals surface area contributed by atoms with Crippen molar-refractivity contribution < 1.29 is 9.47 Å². The van der Waals surface area contributed by atoms with E-state index in [-0.39, 0.29) is 0 Å². The first kappa shape index (κ1) is 20.4. The summed E-state index contributed by atoms with van der Waals surface area (Å²) in [5, 5.41) is 4.35. The van der Waals surface area contributed by atoms with E-state index in [0.29, 0.717) is 26.3 Å². The molecule has 1 fully saturated rings. The fourth-order valence-electron chi connectivity index (χ4n) is 3.69. The molecule has 0 radical (unpaired) electrons. The molecule has 0 saturated carbocycles. The third-order valence-corrected chi connectivity index (χ3v) is 4.97. The van der Waals surface area contributed by atoms with Gasteiger partial charge < -0.3 is 24.3 Å². The number of hydrogen-bond acceptors (Lipinski definition) is 6. The van der Waals surface area contributed by atoms with E-state index in [2.05, 4.69) is 27.9 Å². The number of nitrogens with one attached hydrogen (secondary N) is 1. The zero-order chi connectivity index (χ0) is 20.0. The lowest BCUT2D eigenvalue weighted by Crippen LogP contribution is -2.48. The van der Waals surface area contributed by atoms with Gasteiger partial charge in [-0.25, -0.2) is 0 Å². The Balaban J connectivity index is 1.89. The van der Waals surface area contributed by atoms with Gasteiger partial charge in [-0.1, -0.05) is 12.2 Å². The lowest BCUT2D eigenvalue weighted by Gasteiger charge is -2.41. The number of fused-ring (bicyclic) bond motifs is 1. The van der Waals surface area contributed by atoms with E-state index in [1.165, 1.54) is 0 Å². The summed E-state index contributed by atoms with van der Waals surface area (Å²) < 4.78 is 14.0. The number of aromatic nitrogens is 3. The predicted octanol–water partition coefficient (Wildman–Crippen LogP) is 3.58. The minimum Gasteiger partial charge on any atom is -0.366 e. The Morgan fingerprint density at radius 1 is 1.14 bits per heavy atom. The second-order valence-electron chi connectivity index (χ2n) is 6.80. The van der Waals surface area contributed by atoms with Crippen LogP contribution in [-0.4, -0.2) is 53.2 Å². The van der Waals surface area contributed by atoms with Gasteiger partial charge in [0.1, 0.15) is 11.5 Å². The van der Waals surface area contributed by atoms with E-state index in [1.54, 1.807) is 0 Å². The fourth-order valence-corrected chi connectivity index (χ4v) is 3.69. The average Bonchev–Trinajstić information content (AvgIpc) is 3.10. The molecule has 7 heteroatoms. The summed E-state index contributed by atoms with van der Waals surface area (Å²) in [6, 6.07) is 2.04. The van der Waals surface area contributed by atoms with Crippen LogP contribution in [0.1, 0.15) is 26.7 Å². The summed E-state index contributed by atoms with van der Waals surface area (Å²) in [5.74, 6) is 1.07. The minimum absolute atomic E-state index is 0.489. The normalized spacial score (nSPS) is 16.3. The second-order valence-corrected chi connectivity index (χ2v) is 6.80. The number of allylic oxidation sites excluding steroid dienone is 1. The monoisotopic (exact) mass is 385 g/mol. The summed E-state index contributed by atoms with van der Waals surface area (Å²) in [6.45, 7) is 15.9. The molecule has 1 aliphatic rings. The van der Waals surface area contributed by atoms with Gasteiger partial charge in [-0.2, -0.15) is 9.97 Å². The number of piperidine rings is 1. The molecule has 2 aromatic heterocycles. The lowest BCUT2D eigenvalue weighted by atomic mass is 10.0. The van der Waals surface area contributed by atoms with Gasteiger partial charge in [0.25, 0.3) is 0 Å². The second kappa shape index (κ2) is 9.21. The fraction of sp³-hybridized carbons (Fsp3) is 0.524. The zero-order valence-electron chi connectivity index (χ0n) is 17.0. The van der Waals surface area contributed by atoms with Crippen LogP contribution in [0.25, 0.3) is 11.0 Å². The maximum absolute atomic E-state index is 5.95. The van der Waals surface area contributed by atoms with Crippen LogP contribution in [0.4, 0.5) is 11.8 Å². The quantitative estimate of drug-likeness (QED) is 0.498. The topological polar surface area (TPSA) is 64.4 Å². The molecule has 1 aliphatic heterocycles. The summed E-state index contributed by atoms with van der Waals surface area (Å²) in [6.07, 6.45) is 7.30. The van der Waals surface area contributed by atoms with Gasteiger partial charge in [-0.05, 0) is 19.9 Å². The van der Waals surface area contributed by atoms with E-state index in [4.69, 9.17) is 19.4 Å². The highest BCUT2D eigenvalue weighted by Gasteiger charge is 2.36. The van der Waals surface area contributed by atoms with Crippen molar-refractivity contribution in [2.45, 2.75) is 39.0 Å². The van der Waals surface area contributed by atoms with Crippen LogP contribution < -0.4 is 10.2 Å². The van der Waals surface area contributed by atoms with Gasteiger partial charge in [-0.3, -0.25) is 0 Å². The Morgan fingerprint density at radius 2 is 1.86 bits per heavy atom. The molecule has 0 spiro atoms. The van der Waals surface area contributed by atoms with Gasteiger partial charge in [-0.15, -0.1) is 13.2 Å². The number of nitrogens with zero attached hydrogens (tertiary/aromatic N) is 4. The van der Waals surface area contributed by atoms with E-state index in [0.717, 1.165) is 48.7 Å². The van der Waals surface area contributed by atoms with Crippen LogP contribution in [0.3, 0.4) is 0 Å². The molecule has 28 heavy (non-hydrogen) atoms. The van der Waals surface area contributed by atoms with E-state index in [9.17, 15) is 0 Å². The van der Waals surface area contributed by atoms with E-state index < -0.39 is 5.79 Å². The van der Waals surface area contributed by atoms with Gasteiger partial charge in [0.15, 0.2) is 5.79 Å². The summed E-state index contributed by atoms with van der Waals surface area (Å²) in [7, 11) is 0. The third kappa shape index (κ3) is 4.20. The van der Waals surface area contributed by atoms with Crippen molar-refractivity contribution in [1.29, 1.82) is 0 Å². The van der Waals surface area contributed by atoms with Crippen molar-refractivity contribution in [2.75, 3.05) is 43.1 Å². The van der Waals surface area contributed by atoms with Crippen LogP contribution in [-0.2, 0) is 16.0 Å². The molecule has 2 aromatic rings. The lowest BCUT2D eigenvalue weighted by molar-refractivity contribution is -0.242. The first-order chi connectivity index (χ1) is 13.7. The van der Waals surface area contributed by atoms with Crippen molar-refractivity contribution in [2.24, 2.45) is 0 Å². The Bertz CT molecular complexity index is 800. The molecular weight excluding hydrogens is 354 g/mol. The zero-order valence-corrected chi connectivity index (χ0v) is 17.0. The average molecular weight is 386 g/mol. The molecule has 0 bridgehead atoms. The highest BCUT2D eigenvalue weighted by molar-refractivity contribution is 5.88. The molecule has 0 amide bonds. The van der Waals surface area contributed by atoms with Crippen molar-refractivity contribution in [3.05, 3.63) is 37.6 Å². The first-order valence-corrected chi connectivity index (χ1v) is 10.0. The first-order valence-electron chi connectivity index (χ1n) is 10.0. The van der Waals surface area contributed by atoms with Crippen molar-refractivity contribution >= 4 is 22.8 Å². The maximum atomic E-state index is 5.95. The number of ether oxygens (including phenoxy) is 2. The van der Waals surface area contributed by atoms with E-state index >= 15 is 0 Å². The molecule has 1 N–H and O–H groups in total. The van der Waals surface area contributed by atoms with Gasteiger partial charge in [0.05, 0.1) is 5.39 Å². The standard InChI is InChI=1S/C21H31N5O2/c1-5-12-22-18-17-9-14-25(13-6-2)19(17)24-20(23-18)26-15-10-21(11-16-26,27-7-3)28-8-4/h5-6,9,14H,1-2,7-8,10-13,15-16H2,3-4H3,(H,22,23,24). The molecule has 152 valence electrons. The smallest absolute Gasteiger partial charge is 0.229 e. The van der Waals surface area contributed by atoms with Crippen LogP contribution in [0.15, 0.2) is 37.6 Å². The van der Waals surface area contributed by atoms with Gasteiger partial charge >= 0.3 is 0 Å². The summed E-state index contributed by atoms with van der Waals surface area (Å²) in [4.78, 5) is 11.9. The van der Waals surface area contributed by atoms with Crippen molar-refractivity contribution in [1.82, 2.24) is 14.5 Å². The molecule has 0 unspecified atom stereocenters. The summed E-state index contributed by atoms with van der Waals surface area (Å²) in [5.41, 5.74) is 0.905. The molecule has 0 atom stereocenters. The highest BCUT2D eigenvalue weighted by Crippen LogP contribution is 2.31. The highest BCUT2D eigenvalue weighted by atomic mass is 16.7. The van der Waals surface area contributed by atoms with Crippen molar-refractivity contribution in [3.63, 3.8) is 0 Å². The van der Waals surface area contributed by atoms with Gasteiger partial charge in [0, 0.05) is 58.4 Å². The molecule has 0 aromatic carbocycles. The Kier molecular flexibility index (Phi) is 6.70. The van der Waals surface area contributed by atoms with Crippen LogP contribution >= 0.6 is 0 Å². The maximum Gasteiger partial charge on any atom is 0.229 e. The molecule has 0 aliphatic carbocycles. The number of rotatable bonds is 10. The van der Waals surface area contributed by atoms with Crippen LogP contribution in [0.5, 0.6) is 0 Å². The largest absolute Gasteiger partial charge is 0.366 e. The SMILES string of the molecule is C=CCNc1nc(N2CCC(OCC)(OCC)CC2)nc2c1ccn2CC=C. The summed E-state index contributed by atoms with van der Waals surface area (Å²) >= 11 is 0. The van der Waals surface area contributed by atoms with E-state index in [1.807, 2.05) is 38.3 Å². The Labute approximate surface area is 167 Å². The van der Waals surface area contributed by atoms with Crippen molar-refractivity contribution in [3.8, 4) is 0 Å². The minimum atomic E-state index is -0.489. The predicted molar refractivity (Wildman–Crippen MR) is 114 cm³/mol. The molecule has 7 nitrogen and oxygen atoms in total. The number of hydrogen-bond donors (Lipinski definition) is 1. The Morgan fingerprint density at radius 3 is 2.46 bits per heavy atom. The molecule has 3 rings (SSSR count). The van der Waals surface area contributed by atoms with Gasteiger partial charge in [0.2, 0.25) is 5.95 Å². The van der Waals surface area contributed by atoms with Crippen LogP contribution in [0, 0.1) is 0 Å². The molecule has 1 saturated heterocycles. The third-order valence-electron chi connectivity index (χ3n) is 4.97. The Hall–Kier alpha value is -2.38. The number of anilines is 2.